The average Bonchev–Trinajstić information content (AvgIpc) is 3.01. The molecule has 1 aromatic carbocycles. The summed E-state index contributed by atoms with van der Waals surface area (Å²) in [6.45, 7) is 1.84. The number of hydrogen-bond acceptors (Lipinski definition) is 7. The monoisotopic (exact) mass is 321 g/mol. The highest BCUT2D eigenvalue weighted by atomic mass is 32.2. The third kappa shape index (κ3) is 4.88. The van der Waals surface area contributed by atoms with Gasteiger partial charge in [-0.25, -0.2) is 0 Å². The molecule has 116 valence electrons. The Balaban J connectivity index is 1.79. The lowest BCUT2D eigenvalue weighted by molar-refractivity contribution is -0.143. The van der Waals surface area contributed by atoms with Crippen LogP contribution in [0.4, 0.5) is 0 Å². The standard InChI is InChI=1S/C14H15N3O4S/c1-2-20-12(19)8-15-11(18)9-22-14-17-16-13(21-14)10-6-4-3-5-7-10/h3-7H,2,8-9H2,1H3,(H,15,18). The maximum atomic E-state index is 11.6. The summed E-state index contributed by atoms with van der Waals surface area (Å²) in [5.74, 6) is -0.298. The topological polar surface area (TPSA) is 94.3 Å². The lowest BCUT2D eigenvalue weighted by Gasteiger charge is -2.03. The summed E-state index contributed by atoms with van der Waals surface area (Å²) in [6.07, 6.45) is 0. The predicted molar refractivity (Wildman–Crippen MR) is 80.1 cm³/mol. The Kier molecular flexibility index (Phi) is 5.96. The van der Waals surface area contributed by atoms with Gasteiger partial charge in [-0.15, -0.1) is 10.2 Å². The molecule has 0 saturated carbocycles. The van der Waals surface area contributed by atoms with Crippen molar-refractivity contribution in [3.05, 3.63) is 30.3 Å². The molecule has 0 fully saturated rings. The van der Waals surface area contributed by atoms with Gasteiger partial charge in [0.25, 0.3) is 5.22 Å². The van der Waals surface area contributed by atoms with Gasteiger partial charge in [-0.05, 0) is 19.1 Å². The normalized spacial score (nSPS) is 10.2. The van der Waals surface area contributed by atoms with E-state index in [-0.39, 0.29) is 24.8 Å². The number of amides is 1. The van der Waals surface area contributed by atoms with Gasteiger partial charge in [-0.3, -0.25) is 9.59 Å². The summed E-state index contributed by atoms with van der Waals surface area (Å²) in [4.78, 5) is 22.7. The van der Waals surface area contributed by atoms with Crippen LogP contribution >= 0.6 is 11.8 Å². The van der Waals surface area contributed by atoms with E-state index in [0.717, 1.165) is 17.3 Å². The largest absolute Gasteiger partial charge is 0.465 e. The molecule has 2 rings (SSSR count). The summed E-state index contributed by atoms with van der Waals surface area (Å²) >= 11 is 1.10. The second-order valence-electron chi connectivity index (χ2n) is 4.11. The zero-order valence-electron chi connectivity index (χ0n) is 11.9. The van der Waals surface area contributed by atoms with Gasteiger partial charge in [0, 0.05) is 5.56 Å². The third-order valence-electron chi connectivity index (χ3n) is 2.49. The van der Waals surface area contributed by atoms with Crippen molar-refractivity contribution in [2.24, 2.45) is 0 Å². The molecule has 0 unspecified atom stereocenters. The molecule has 0 spiro atoms. The van der Waals surface area contributed by atoms with E-state index >= 15 is 0 Å². The van der Waals surface area contributed by atoms with Crippen LogP contribution in [0.15, 0.2) is 40.0 Å². The van der Waals surface area contributed by atoms with E-state index in [1.54, 1.807) is 6.92 Å². The predicted octanol–water partition coefficient (Wildman–Crippen LogP) is 1.51. The molecule has 2 aromatic rings. The molecular weight excluding hydrogens is 306 g/mol. The smallest absolute Gasteiger partial charge is 0.325 e. The second kappa shape index (κ2) is 8.18. The summed E-state index contributed by atoms with van der Waals surface area (Å²) in [5, 5.41) is 10.5. The molecule has 1 N–H and O–H groups in total. The number of ether oxygens (including phenoxy) is 1. The number of aromatic nitrogens is 2. The van der Waals surface area contributed by atoms with Crippen molar-refractivity contribution >= 4 is 23.6 Å². The van der Waals surface area contributed by atoms with E-state index in [4.69, 9.17) is 9.15 Å². The van der Waals surface area contributed by atoms with Crippen molar-refractivity contribution in [3.8, 4) is 11.5 Å². The van der Waals surface area contributed by atoms with Crippen LogP contribution in [0, 0.1) is 0 Å². The molecule has 8 heteroatoms. The summed E-state index contributed by atoms with van der Waals surface area (Å²) in [7, 11) is 0. The summed E-state index contributed by atoms with van der Waals surface area (Å²) < 4.78 is 10.2. The molecule has 0 aliphatic carbocycles. The lowest BCUT2D eigenvalue weighted by Crippen LogP contribution is -2.31. The Hall–Kier alpha value is -2.35. The molecule has 7 nitrogen and oxygen atoms in total. The Morgan fingerprint density at radius 3 is 2.77 bits per heavy atom. The molecule has 0 saturated heterocycles. The molecule has 0 radical (unpaired) electrons. The third-order valence-corrected chi connectivity index (χ3v) is 3.31. The van der Waals surface area contributed by atoms with E-state index in [2.05, 4.69) is 15.5 Å². The lowest BCUT2D eigenvalue weighted by atomic mass is 10.2. The molecule has 0 atom stereocenters. The van der Waals surface area contributed by atoms with E-state index in [1.807, 2.05) is 30.3 Å². The SMILES string of the molecule is CCOC(=O)CNC(=O)CSc1nnc(-c2ccccc2)o1. The fraction of sp³-hybridized carbons (Fsp3) is 0.286. The van der Waals surface area contributed by atoms with Gasteiger partial charge in [0.2, 0.25) is 11.8 Å². The summed E-state index contributed by atoms with van der Waals surface area (Å²) in [6, 6.07) is 9.34. The van der Waals surface area contributed by atoms with Crippen LogP contribution in [0.3, 0.4) is 0 Å². The van der Waals surface area contributed by atoms with Crippen LogP contribution in [-0.2, 0) is 14.3 Å². The first-order valence-corrected chi connectivity index (χ1v) is 7.61. The van der Waals surface area contributed by atoms with Crippen LogP contribution in [0.25, 0.3) is 11.5 Å². The van der Waals surface area contributed by atoms with Crippen molar-refractivity contribution in [3.63, 3.8) is 0 Å². The molecular formula is C14H15N3O4S. The van der Waals surface area contributed by atoms with Gasteiger partial charge in [0.05, 0.1) is 12.4 Å². The van der Waals surface area contributed by atoms with E-state index in [0.29, 0.717) is 11.1 Å². The van der Waals surface area contributed by atoms with Gasteiger partial charge in [0.1, 0.15) is 6.54 Å². The minimum atomic E-state index is -0.468. The van der Waals surface area contributed by atoms with Crippen LogP contribution in [0.2, 0.25) is 0 Å². The van der Waals surface area contributed by atoms with E-state index in [1.165, 1.54) is 0 Å². The highest BCUT2D eigenvalue weighted by molar-refractivity contribution is 7.99. The number of thioether (sulfide) groups is 1. The minimum Gasteiger partial charge on any atom is -0.465 e. The molecule has 0 aliphatic rings. The number of rotatable bonds is 7. The van der Waals surface area contributed by atoms with E-state index in [9.17, 15) is 9.59 Å². The van der Waals surface area contributed by atoms with E-state index < -0.39 is 5.97 Å². The number of hydrogen-bond donors (Lipinski definition) is 1. The Labute approximate surface area is 131 Å². The Morgan fingerprint density at radius 2 is 2.05 bits per heavy atom. The fourth-order valence-electron chi connectivity index (χ4n) is 1.53. The highest BCUT2D eigenvalue weighted by Crippen LogP contribution is 2.22. The maximum Gasteiger partial charge on any atom is 0.325 e. The zero-order chi connectivity index (χ0) is 15.8. The second-order valence-corrected chi connectivity index (χ2v) is 5.04. The van der Waals surface area contributed by atoms with Crippen molar-refractivity contribution in [2.45, 2.75) is 12.1 Å². The number of nitrogens with one attached hydrogen (secondary N) is 1. The van der Waals surface area contributed by atoms with Gasteiger partial charge < -0.3 is 14.5 Å². The summed E-state index contributed by atoms with van der Waals surface area (Å²) in [5.41, 5.74) is 0.814. The molecule has 22 heavy (non-hydrogen) atoms. The number of carbonyl (C=O) groups excluding carboxylic acids is 2. The first-order valence-electron chi connectivity index (χ1n) is 6.63. The number of nitrogens with zero attached hydrogens (tertiary/aromatic N) is 2. The quantitative estimate of drug-likeness (QED) is 0.610. The van der Waals surface area contributed by atoms with Gasteiger partial charge in [0.15, 0.2) is 0 Å². The number of carbonyl (C=O) groups is 2. The zero-order valence-corrected chi connectivity index (χ0v) is 12.8. The van der Waals surface area contributed by atoms with Crippen molar-refractivity contribution in [1.29, 1.82) is 0 Å². The number of benzene rings is 1. The molecule has 0 bridgehead atoms. The van der Waals surface area contributed by atoms with Crippen molar-refractivity contribution in [1.82, 2.24) is 15.5 Å². The van der Waals surface area contributed by atoms with Crippen molar-refractivity contribution in [2.75, 3.05) is 18.9 Å². The molecule has 1 amide bonds. The van der Waals surface area contributed by atoms with Gasteiger partial charge in [-0.2, -0.15) is 0 Å². The first-order chi connectivity index (χ1) is 10.7. The van der Waals surface area contributed by atoms with Crippen molar-refractivity contribution < 1.29 is 18.7 Å². The maximum absolute atomic E-state index is 11.6. The Morgan fingerprint density at radius 1 is 1.27 bits per heavy atom. The van der Waals surface area contributed by atoms with Gasteiger partial charge >= 0.3 is 5.97 Å². The average molecular weight is 321 g/mol. The first kappa shape index (κ1) is 16.0. The molecule has 1 heterocycles. The fourth-order valence-corrected chi connectivity index (χ4v) is 2.12. The number of esters is 1. The molecule has 1 aromatic heterocycles. The Bertz CT molecular complexity index is 630. The highest BCUT2D eigenvalue weighted by Gasteiger charge is 2.11. The van der Waals surface area contributed by atoms with Crippen LogP contribution in [-0.4, -0.2) is 41.0 Å². The minimum absolute atomic E-state index is 0.0792. The van der Waals surface area contributed by atoms with Gasteiger partial charge in [-0.1, -0.05) is 30.0 Å². The van der Waals surface area contributed by atoms with Crippen LogP contribution < -0.4 is 5.32 Å². The molecule has 0 aliphatic heterocycles. The van der Waals surface area contributed by atoms with Crippen LogP contribution in [0.1, 0.15) is 6.92 Å². The van der Waals surface area contributed by atoms with Crippen LogP contribution in [0.5, 0.6) is 0 Å².